The quantitative estimate of drug-likeness (QED) is 0.126. The summed E-state index contributed by atoms with van der Waals surface area (Å²) in [7, 11) is -3.19. The van der Waals surface area contributed by atoms with Gasteiger partial charge in [-0.05, 0) is 0 Å². The Labute approximate surface area is 356 Å². The van der Waals surface area contributed by atoms with E-state index in [4.69, 9.17) is 9.47 Å². The van der Waals surface area contributed by atoms with Gasteiger partial charge in [0.05, 0.1) is 0 Å². The molecule has 3 heterocycles. The van der Waals surface area contributed by atoms with E-state index in [2.05, 4.69) is 163 Å². The molecule has 0 aliphatic carbocycles. The molecule has 0 unspecified atom stereocenters. The standard InChI is InChI=1S/C55H37BNO3Si/c58-55(38-16-4-1-5-17-38)39-30-28-37(29-31-39)40-34-50-54-51(35-40)60-49-36-41(32-33-45(49)56(54)44-22-10-13-25-48(44)59-50)57-46-23-11-14-26-52(46)61(42-18-6-2-7-19-42,43-20-8-3-9-21-43)53-27-15-12-24-47(53)57/h1-36,61H/q-1. The first-order chi connectivity index (χ1) is 30.2. The molecule has 9 aromatic rings. The molecule has 288 valence electrons. The summed E-state index contributed by atoms with van der Waals surface area (Å²) in [4.78, 5) is 15.7. The first-order valence-corrected chi connectivity index (χ1v) is 23.2. The Hall–Kier alpha value is -7.67. The van der Waals surface area contributed by atoms with Gasteiger partial charge in [0.2, 0.25) is 0 Å². The number of fused-ring (bicyclic) bond motifs is 6. The summed E-state index contributed by atoms with van der Waals surface area (Å²) in [5.74, 6) is 3.20. The minimum atomic E-state index is -3.19. The number of carbonyl (C=O) groups excluding carboxylic acids is 1. The second-order valence-electron chi connectivity index (χ2n) is 16.2. The summed E-state index contributed by atoms with van der Waals surface area (Å²) in [6.07, 6.45) is 0. The number of carbonyl (C=O) groups is 1. The van der Waals surface area contributed by atoms with Crippen molar-refractivity contribution in [3.63, 3.8) is 0 Å². The fraction of sp³-hybridized carbons (Fsp3) is 0. The van der Waals surface area contributed by atoms with Crippen LogP contribution in [0.25, 0.3) is 11.1 Å². The average Bonchev–Trinajstić information content (AvgIpc) is 3.33. The second kappa shape index (κ2) is 14.0. The Morgan fingerprint density at radius 3 is 1.57 bits per heavy atom. The van der Waals surface area contributed by atoms with Crippen molar-refractivity contribution >= 4 is 74.8 Å². The molecule has 0 spiro atoms. The van der Waals surface area contributed by atoms with Crippen molar-refractivity contribution < 1.29 is 14.3 Å². The fourth-order valence-corrected chi connectivity index (χ4v) is 16.3. The van der Waals surface area contributed by atoms with Gasteiger partial charge < -0.3 is 0 Å². The van der Waals surface area contributed by atoms with E-state index in [-0.39, 0.29) is 12.5 Å². The predicted molar refractivity (Wildman–Crippen MR) is 253 cm³/mol. The zero-order chi connectivity index (χ0) is 40.5. The van der Waals surface area contributed by atoms with Gasteiger partial charge in [-0.3, -0.25) is 4.79 Å². The van der Waals surface area contributed by atoms with E-state index in [1.54, 1.807) is 0 Å². The molecule has 3 aliphatic heterocycles. The third kappa shape index (κ3) is 5.42. The van der Waals surface area contributed by atoms with E-state index in [0.717, 1.165) is 56.2 Å². The molecule has 0 aromatic heterocycles. The Bertz CT molecular complexity index is 3080. The van der Waals surface area contributed by atoms with Crippen LogP contribution in [0.15, 0.2) is 218 Å². The van der Waals surface area contributed by atoms with E-state index >= 15 is 0 Å². The number of ketones is 1. The van der Waals surface area contributed by atoms with Crippen molar-refractivity contribution in [2.75, 3.05) is 4.90 Å². The van der Waals surface area contributed by atoms with Crippen molar-refractivity contribution in [1.29, 1.82) is 0 Å². The summed E-state index contributed by atoms with van der Waals surface area (Å²) in [5.41, 5.74) is 9.88. The molecule has 0 N–H and O–H groups in total. The van der Waals surface area contributed by atoms with Crippen LogP contribution in [0.3, 0.4) is 0 Å². The molecule has 0 saturated heterocycles. The Kier molecular flexibility index (Phi) is 8.09. The normalized spacial score (nSPS) is 14.2. The number of ether oxygens (including phenoxy) is 2. The van der Waals surface area contributed by atoms with Gasteiger partial charge in [0.15, 0.2) is 5.78 Å². The van der Waals surface area contributed by atoms with Crippen molar-refractivity contribution in [3.8, 4) is 34.1 Å². The number of rotatable bonds is 6. The smallest absolute Gasteiger partial charge is 0.0504 e. The van der Waals surface area contributed by atoms with Crippen LogP contribution < -0.4 is 51.5 Å². The fourth-order valence-electron chi connectivity index (χ4n) is 10.4. The van der Waals surface area contributed by atoms with Gasteiger partial charge >= 0.3 is 293 Å². The molecule has 6 heteroatoms. The van der Waals surface area contributed by atoms with Crippen LogP contribution in [0, 0.1) is 0 Å². The van der Waals surface area contributed by atoms with Gasteiger partial charge in [0.1, 0.15) is 0 Å². The van der Waals surface area contributed by atoms with E-state index in [0.29, 0.717) is 11.1 Å². The number of anilines is 3. The molecule has 61 heavy (non-hydrogen) atoms. The van der Waals surface area contributed by atoms with Gasteiger partial charge in [-0.25, -0.2) is 0 Å². The minimum absolute atomic E-state index is 0.00111. The van der Waals surface area contributed by atoms with Crippen LogP contribution in [0.4, 0.5) is 17.1 Å². The monoisotopic (exact) mass is 798 g/mol. The summed E-state index contributed by atoms with van der Waals surface area (Å²) in [6, 6.07) is 76.8. The molecule has 0 atom stereocenters. The maximum atomic E-state index is 13.3. The molecular formula is C55H37BNO3Si-. The molecule has 0 radical (unpaired) electrons. The van der Waals surface area contributed by atoms with E-state index < -0.39 is 8.07 Å². The average molecular weight is 799 g/mol. The number of nitrogens with zero attached hydrogens (tertiary/aromatic N) is 1. The van der Waals surface area contributed by atoms with Gasteiger partial charge in [0, 0.05) is 11.1 Å². The summed E-state index contributed by atoms with van der Waals surface area (Å²) in [5, 5.41) is 5.51. The van der Waals surface area contributed by atoms with Crippen LogP contribution in [0.1, 0.15) is 15.9 Å². The molecule has 0 amide bonds. The van der Waals surface area contributed by atoms with Crippen LogP contribution in [-0.4, -0.2) is 20.6 Å². The SMILES string of the molecule is O=C(c1ccccc1)c1ccc(-c2cc3c4c(c2)Oc2cc(N5c6ccccc6[SiH-](c6ccccc6)(c6ccccc6)c6ccccc65)ccc2B4c2ccccc2O3)cc1. The van der Waals surface area contributed by atoms with Gasteiger partial charge in [0.25, 0.3) is 0 Å². The first kappa shape index (κ1) is 35.3. The third-order valence-corrected chi connectivity index (χ3v) is 18.6. The molecule has 4 nitrogen and oxygen atoms in total. The number of hydrogen-bond acceptors (Lipinski definition) is 4. The topological polar surface area (TPSA) is 38.8 Å². The molecule has 3 aliphatic rings. The van der Waals surface area contributed by atoms with Crippen molar-refractivity contribution in [1.82, 2.24) is 0 Å². The van der Waals surface area contributed by atoms with Crippen molar-refractivity contribution in [3.05, 3.63) is 230 Å². The Morgan fingerprint density at radius 2 is 0.934 bits per heavy atom. The summed E-state index contributed by atoms with van der Waals surface area (Å²) < 4.78 is 13.7. The molecule has 9 aromatic carbocycles. The van der Waals surface area contributed by atoms with Crippen LogP contribution >= 0.6 is 0 Å². The minimum Gasteiger partial charge on any atom is -0.0504 e. The molecular weight excluding hydrogens is 762 g/mol. The van der Waals surface area contributed by atoms with Crippen LogP contribution in [-0.2, 0) is 0 Å². The van der Waals surface area contributed by atoms with Crippen LogP contribution in [0.2, 0.25) is 0 Å². The summed E-state index contributed by atoms with van der Waals surface area (Å²) >= 11 is 0. The van der Waals surface area contributed by atoms with Gasteiger partial charge in [-0.1, -0.05) is 42.5 Å². The zero-order valence-corrected chi connectivity index (χ0v) is 34.3. The van der Waals surface area contributed by atoms with Gasteiger partial charge in [-0.15, -0.1) is 0 Å². The molecule has 0 bridgehead atoms. The van der Waals surface area contributed by atoms with E-state index in [9.17, 15) is 4.79 Å². The third-order valence-electron chi connectivity index (χ3n) is 13.0. The van der Waals surface area contributed by atoms with E-state index in [1.165, 1.54) is 32.1 Å². The Balaban J connectivity index is 1.00. The number of benzene rings is 9. The number of hydrogen-bond donors (Lipinski definition) is 0. The Morgan fingerprint density at radius 1 is 0.426 bits per heavy atom. The van der Waals surface area contributed by atoms with E-state index in [1.807, 2.05) is 60.7 Å². The predicted octanol–water partition coefficient (Wildman–Crippen LogP) is 8.21. The van der Waals surface area contributed by atoms with Crippen molar-refractivity contribution in [2.24, 2.45) is 0 Å². The maximum absolute atomic E-state index is 13.3. The molecule has 0 fully saturated rings. The first-order valence-electron chi connectivity index (χ1n) is 20.9. The summed E-state index contributed by atoms with van der Waals surface area (Å²) in [6.45, 7) is -0.0775. The molecule has 0 saturated carbocycles. The zero-order valence-electron chi connectivity index (χ0n) is 33.1. The van der Waals surface area contributed by atoms with Crippen LogP contribution in [0.5, 0.6) is 23.0 Å². The second-order valence-corrected chi connectivity index (χ2v) is 20.5. The number of para-hydroxylation sites is 3. The van der Waals surface area contributed by atoms with Crippen molar-refractivity contribution in [2.45, 2.75) is 0 Å². The molecule has 12 rings (SSSR count). The van der Waals surface area contributed by atoms with Gasteiger partial charge in [-0.2, -0.15) is 0 Å².